The van der Waals surface area contributed by atoms with Crippen LogP contribution in [0.5, 0.6) is 0 Å². The van der Waals surface area contributed by atoms with E-state index >= 15 is 0 Å². The highest BCUT2D eigenvalue weighted by Gasteiger charge is 2.25. The zero-order chi connectivity index (χ0) is 16.5. The van der Waals surface area contributed by atoms with Gasteiger partial charge in [-0.3, -0.25) is 9.20 Å². The average molecular weight is 323 g/mol. The molecule has 24 heavy (non-hydrogen) atoms. The number of likely N-dealkylation sites (tertiary alicyclic amines) is 1. The van der Waals surface area contributed by atoms with E-state index in [-0.39, 0.29) is 11.7 Å². The molecule has 4 rings (SSSR count). The fraction of sp³-hybridized carbons (Fsp3) is 0.263. The number of piperidine rings is 1. The molecule has 3 aromatic rings. The molecule has 1 saturated heterocycles. The van der Waals surface area contributed by atoms with Gasteiger partial charge in [0.25, 0.3) is 5.91 Å². The number of hydrogen-bond acceptors (Lipinski definition) is 2. The van der Waals surface area contributed by atoms with Gasteiger partial charge in [-0.15, -0.1) is 0 Å². The summed E-state index contributed by atoms with van der Waals surface area (Å²) in [4.78, 5) is 19.4. The molecule has 0 radical (unpaired) electrons. The lowest BCUT2D eigenvalue weighted by Crippen LogP contribution is -2.36. The van der Waals surface area contributed by atoms with Gasteiger partial charge in [0.05, 0.1) is 5.69 Å². The largest absolute Gasteiger partial charge is 0.337 e. The van der Waals surface area contributed by atoms with E-state index in [1.807, 2.05) is 33.7 Å². The van der Waals surface area contributed by atoms with Crippen LogP contribution in [0.2, 0.25) is 0 Å². The highest BCUT2D eigenvalue weighted by atomic mass is 19.1. The summed E-state index contributed by atoms with van der Waals surface area (Å²) in [5.74, 6) is -0.339. The zero-order valence-electron chi connectivity index (χ0n) is 13.3. The number of carbonyl (C=O) groups excluding carboxylic acids is 1. The number of fused-ring (bicyclic) bond motifs is 1. The number of pyridine rings is 1. The Bertz CT molecular complexity index is 879. The summed E-state index contributed by atoms with van der Waals surface area (Å²) >= 11 is 0. The van der Waals surface area contributed by atoms with Gasteiger partial charge in [0.1, 0.15) is 11.5 Å². The third-order valence-electron chi connectivity index (χ3n) is 4.49. The fourth-order valence-electron chi connectivity index (χ4n) is 3.28. The first-order valence-electron chi connectivity index (χ1n) is 8.26. The lowest BCUT2D eigenvalue weighted by molar-refractivity contribution is 0.0720. The van der Waals surface area contributed by atoms with Crippen LogP contribution in [0.1, 0.15) is 29.8 Å². The Morgan fingerprint density at radius 2 is 1.75 bits per heavy atom. The summed E-state index contributed by atoms with van der Waals surface area (Å²) in [7, 11) is 0. The van der Waals surface area contributed by atoms with Gasteiger partial charge in [0, 0.05) is 24.8 Å². The number of aromatic nitrogens is 2. The van der Waals surface area contributed by atoms with Gasteiger partial charge in [-0.05, 0) is 55.7 Å². The predicted octanol–water partition coefficient (Wildman–Crippen LogP) is 3.77. The molecular weight excluding hydrogens is 305 g/mol. The number of benzene rings is 1. The molecule has 0 aliphatic carbocycles. The van der Waals surface area contributed by atoms with Gasteiger partial charge in [0.2, 0.25) is 0 Å². The minimum absolute atomic E-state index is 0.0438. The van der Waals surface area contributed by atoms with E-state index < -0.39 is 0 Å². The van der Waals surface area contributed by atoms with Crippen LogP contribution in [0, 0.1) is 5.82 Å². The van der Waals surface area contributed by atoms with Crippen LogP contribution in [-0.2, 0) is 0 Å². The number of amides is 1. The van der Waals surface area contributed by atoms with Crippen molar-refractivity contribution in [3.8, 4) is 11.3 Å². The van der Waals surface area contributed by atoms with Crippen LogP contribution in [0.15, 0.2) is 48.7 Å². The van der Waals surface area contributed by atoms with Crippen molar-refractivity contribution in [1.82, 2.24) is 14.3 Å². The number of halogens is 1. The van der Waals surface area contributed by atoms with Crippen LogP contribution < -0.4 is 0 Å². The van der Waals surface area contributed by atoms with Crippen molar-refractivity contribution in [1.29, 1.82) is 0 Å². The quantitative estimate of drug-likeness (QED) is 0.720. The van der Waals surface area contributed by atoms with Crippen molar-refractivity contribution in [2.24, 2.45) is 0 Å². The van der Waals surface area contributed by atoms with Crippen molar-refractivity contribution < 1.29 is 9.18 Å². The second-order valence-electron chi connectivity index (χ2n) is 6.10. The van der Waals surface area contributed by atoms with E-state index in [4.69, 9.17) is 0 Å². The van der Waals surface area contributed by atoms with Crippen LogP contribution in [0.3, 0.4) is 0 Å². The maximum atomic E-state index is 13.3. The van der Waals surface area contributed by atoms with E-state index in [0.717, 1.165) is 42.8 Å². The summed E-state index contributed by atoms with van der Waals surface area (Å²) < 4.78 is 15.2. The van der Waals surface area contributed by atoms with Gasteiger partial charge in [-0.1, -0.05) is 6.07 Å². The molecule has 1 fully saturated rings. The SMILES string of the molecule is O=C(c1nc2ccccn2c1-c1ccc(F)cc1)N1CCCCC1. The first kappa shape index (κ1) is 14.9. The smallest absolute Gasteiger partial charge is 0.274 e. The first-order valence-corrected chi connectivity index (χ1v) is 8.26. The van der Waals surface area contributed by atoms with Crippen LogP contribution >= 0.6 is 0 Å². The average Bonchev–Trinajstić information content (AvgIpc) is 3.02. The summed E-state index contributed by atoms with van der Waals surface area (Å²) in [6, 6.07) is 11.9. The van der Waals surface area contributed by atoms with Gasteiger partial charge in [-0.2, -0.15) is 0 Å². The van der Waals surface area contributed by atoms with E-state index in [0.29, 0.717) is 5.69 Å². The molecule has 1 aromatic carbocycles. The van der Waals surface area contributed by atoms with E-state index in [1.54, 1.807) is 12.1 Å². The molecule has 0 atom stereocenters. The fourth-order valence-corrected chi connectivity index (χ4v) is 3.28. The maximum Gasteiger partial charge on any atom is 0.274 e. The van der Waals surface area contributed by atoms with Crippen molar-refractivity contribution in [2.45, 2.75) is 19.3 Å². The molecule has 1 amide bonds. The highest BCUT2D eigenvalue weighted by Crippen LogP contribution is 2.27. The Morgan fingerprint density at radius 1 is 1.00 bits per heavy atom. The monoisotopic (exact) mass is 323 g/mol. The lowest BCUT2D eigenvalue weighted by Gasteiger charge is -2.26. The standard InChI is InChI=1S/C19H18FN3O/c20-15-9-7-14(8-10-15)18-17(19(24)22-11-3-1-4-12-22)21-16-6-2-5-13-23(16)18/h2,5-10,13H,1,3-4,11-12H2. The number of carbonyl (C=O) groups is 1. The third-order valence-corrected chi connectivity index (χ3v) is 4.49. The Balaban J connectivity index is 1.86. The summed E-state index contributed by atoms with van der Waals surface area (Å²) in [6.07, 6.45) is 5.11. The minimum Gasteiger partial charge on any atom is -0.337 e. The van der Waals surface area contributed by atoms with E-state index in [9.17, 15) is 9.18 Å². The summed E-state index contributed by atoms with van der Waals surface area (Å²) in [5, 5.41) is 0. The Hall–Kier alpha value is -2.69. The van der Waals surface area contributed by atoms with Crippen molar-refractivity contribution in [3.63, 3.8) is 0 Å². The molecule has 0 spiro atoms. The molecular formula is C19H18FN3O. The Labute approximate surface area is 139 Å². The molecule has 2 aromatic heterocycles. The summed E-state index contributed by atoms with van der Waals surface area (Å²) in [6.45, 7) is 1.55. The second-order valence-corrected chi connectivity index (χ2v) is 6.10. The van der Waals surface area contributed by atoms with Gasteiger partial charge < -0.3 is 4.90 Å². The first-order chi connectivity index (χ1) is 11.7. The van der Waals surface area contributed by atoms with Crippen LogP contribution in [0.25, 0.3) is 16.9 Å². The number of nitrogens with zero attached hydrogens (tertiary/aromatic N) is 3. The van der Waals surface area contributed by atoms with E-state index in [1.165, 1.54) is 18.6 Å². The van der Waals surface area contributed by atoms with Crippen LogP contribution in [-0.4, -0.2) is 33.3 Å². The minimum atomic E-state index is -0.295. The molecule has 1 aliphatic heterocycles. The van der Waals surface area contributed by atoms with Crippen LogP contribution in [0.4, 0.5) is 4.39 Å². The molecule has 0 unspecified atom stereocenters. The van der Waals surface area contributed by atoms with Crippen molar-refractivity contribution in [2.75, 3.05) is 13.1 Å². The number of hydrogen-bond donors (Lipinski definition) is 0. The Morgan fingerprint density at radius 3 is 2.50 bits per heavy atom. The third kappa shape index (κ3) is 2.56. The van der Waals surface area contributed by atoms with Gasteiger partial charge >= 0.3 is 0 Å². The highest BCUT2D eigenvalue weighted by molar-refractivity contribution is 5.99. The zero-order valence-corrected chi connectivity index (χ0v) is 13.3. The molecule has 0 N–H and O–H groups in total. The topological polar surface area (TPSA) is 37.6 Å². The van der Waals surface area contributed by atoms with E-state index in [2.05, 4.69) is 4.98 Å². The Kier molecular flexibility index (Phi) is 3.76. The van der Waals surface area contributed by atoms with Crippen molar-refractivity contribution >= 4 is 11.6 Å². The second kappa shape index (κ2) is 6.07. The number of imidazole rings is 1. The lowest BCUT2D eigenvalue weighted by atomic mass is 10.1. The molecule has 3 heterocycles. The maximum absolute atomic E-state index is 13.3. The molecule has 0 saturated carbocycles. The molecule has 4 nitrogen and oxygen atoms in total. The molecule has 0 bridgehead atoms. The molecule has 5 heteroatoms. The van der Waals surface area contributed by atoms with Gasteiger partial charge in [0.15, 0.2) is 5.69 Å². The normalized spacial score (nSPS) is 15.0. The predicted molar refractivity (Wildman–Crippen MR) is 90.3 cm³/mol. The molecule has 1 aliphatic rings. The van der Waals surface area contributed by atoms with Crippen molar-refractivity contribution in [3.05, 3.63) is 60.2 Å². The summed E-state index contributed by atoms with van der Waals surface area (Å²) in [5.41, 5.74) is 2.67. The van der Waals surface area contributed by atoms with Gasteiger partial charge in [-0.25, -0.2) is 9.37 Å². The molecule has 122 valence electrons. The number of rotatable bonds is 2.